The Kier molecular flexibility index (Phi) is 8.60. The molecule has 5 aliphatic heterocycles. The average molecular weight is 929 g/mol. The summed E-state index contributed by atoms with van der Waals surface area (Å²) < 4.78 is 27.1. The van der Waals surface area contributed by atoms with Gasteiger partial charge in [0, 0.05) is 57.6 Å². The monoisotopic (exact) mass is 928 g/mol. The van der Waals surface area contributed by atoms with Crippen LogP contribution in [0.4, 0.5) is 34.1 Å². The Morgan fingerprint density at radius 2 is 0.817 bits per heavy atom. The Morgan fingerprint density at radius 3 is 1.41 bits per heavy atom. The molecule has 10 aromatic carbocycles. The second-order valence-corrected chi connectivity index (χ2v) is 23.1. The third-order valence-electron chi connectivity index (χ3n) is 15.5. The van der Waals surface area contributed by atoms with E-state index in [0.29, 0.717) is 0 Å². The molecule has 0 amide bonds. The summed E-state index contributed by atoms with van der Waals surface area (Å²) in [6, 6.07) is 78.4. The number of hydrogen-bond donors (Lipinski definition) is 0. The van der Waals surface area contributed by atoms with Crippen LogP contribution in [0, 0.1) is 6.92 Å². The molecule has 0 atom stereocenters. The van der Waals surface area contributed by atoms with E-state index in [1.807, 2.05) is 18.2 Å². The number of anilines is 6. The van der Waals surface area contributed by atoms with E-state index in [-0.39, 0.29) is 13.4 Å². The van der Waals surface area contributed by atoms with E-state index in [9.17, 15) is 0 Å². The van der Waals surface area contributed by atoms with Crippen molar-refractivity contribution in [2.75, 3.05) is 9.80 Å². The van der Waals surface area contributed by atoms with Crippen LogP contribution in [0.25, 0.3) is 0 Å². The van der Waals surface area contributed by atoms with Crippen LogP contribution in [0.5, 0.6) is 46.0 Å². The molecule has 0 spiro atoms. The van der Waals surface area contributed by atoms with Crippen LogP contribution in [0.15, 0.2) is 218 Å². The highest BCUT2D eigenvalue weighted by atomic mass is 28.3. The van der Waals surface area contributed by atoms with E-state index in [2.05, 4.69) is 223 Å². The van der Waals surface area contributed by atoms with Gasteiger partial charge in [0.05, 0.1) is 5.69 Å². The molecule has 5 aliphatic rings. The van der Waals surface area contributed by atoms with E-state index < -0.39 is 8.07 Å². The van der Waals surface area contributed by atoms with E-state index in [4.69, 9.17) is 18.9 Å². The molecule has 10 aromatic rings. The second kappa shape index (κ2) is 15.2. The standard InChI is InChI=1S/C62H42B2N2O4Si/c1-39-18-3-7-22-46(39)65(40-34-35-45-55(36-40)70-54-30-17-29-53-61(54)64(45)42-19-4-11-26-50(42)67-53)47-23-8-14-31-58(47)71(2)59-32-15-9-24-48(59)66(49-25-10-16-33-60(49)71)41-37-56-62-57(38-41)69-52-28-13-6-21-44(52)63(62)43-20-5-12-27-51(43)68-56/h3-38H,1-2H3/q-1. The lowest BCUT2D eigenvalue weighted by Gasteiger charge is -2.53. The number of benzene rings is 10. The highest BCUT2D eigenvalue weighted by Crippen LogP contribution is 2.46. The molecule has 335 valence electrons. The molecule has 0 aromatic heterocycles. The first-order valence-corrected chi connectivity index (χ1v) is 26.9. The highest BCUT2D eigenvalue weighted by molar-refractivity contribution is 7.13. The van der Waals surface area contributed by atoms with Gasteiger partial charge in [-0.05, 0) is 103 Å². The Morgan fingerprint density at radius 1 is 0.380 bits per heavy atom. The molecule has 0 N–H and O–H groups in total. The molecule has 71 heavy (non-hydrogen) atoms. The normalized spacial score (nSPS) is 14.3. The van der Waals surface area contributed by atoms with Crippen molar-refractivity contribution in [3.05, 3.63) is 224 Å². The van der Waals surface area contributed by atoms with Crippen molar-refractivity contribution in [2.24, 2.45) is 0 Å². The van der Waals surface area contributed by atoms with Gasteiger partial charge in [-0.3, -0.25) is 0 Å². The number of ether oxygens (including phenoxy) is 4. The van der Waals surface area contributed by atoms with E-state index in [1.165, 1.54) is 21.1 Å². The molecular weight excluding hydrogens is 886 g/mol. The molecule has 0 fully saturated rings. The minimum atomic E-state index is -2.89. The van der Waals surface area contributed by atoms with Gasteiger partial charge < -0.3 is 28.7 Å². The van der Waals surface area contributed by atoms with Gasteiger partial charge in [-0.2, -0.15) is 22.1 Å². The number of rotatable bonds is 5. The number of nitrogens with zero attached hydrogens (tertiary/aromatic N) is 2. The lowest BCUT2D eigenvalue weighted by molar-refractivity contribution is 0.464. The summed E-state index contributed by atoms with van der Waals surface area (Å²) in [5.74, 6) is 6.76. The summed E-state index contributed by atoms with van der Waals surface area (Å²) in [5.41, 5.74) is 14.4. The van der Waals surface area contributed by atoms with Crippen LogP contribution in [0.1, 0.15) is 5.56 Å². The first-order chi connectivity index (χ1) is 35.0. The molecule has 0 saturated carbocycles. The van der Waals surface area contributed by atoms with Crippen molar-refractivity contribution in [1.29, 1.82) is 0 Å². The second-order valence-electron chi connectivity index (χ2n) is 19.3. The van der Waals surface area contributed by atoms with Crippen LogP contribution < -0.4 is 77.1 Å². The van der Waals surface area contributed by atoms with Crippen LogP contribution in [-0.4, -0.2) is 21.5 Å². The van der Waals surface area contributed by atoms with E-state index >= 15 is 0 Å². The van der Waals surface area contributed by atoms with Crippen molar-refractivity contribution in [1.82, 2.24) is 0 Å². The van der Waals surface area contributed by atoms with Gasteiger partial charge in [-0.1, -0.05) is 140 Å². The topological polar surface area (TPSA) is 43.4 Å². The summed E-state index contributed by atoms with van der Waals surface area (Å²) in [6.07, 6.45) is 0. The summed E-state index contributed by atoms with van der Waals surface area (Å²) in [7, 11) is -2.89. The fourth-order valence-corrected chi connectivity index (χ4v) is 16.6. The van der Waals surface area contributed by atoms with Gasteiger partial charge in [0.15, 0.2) is 0 Å². The predicted octanol–water partition coefficient (Wildman–Crippen LogP) is 9.80. The predicted molar refractivity (Wildman–Crippen MR) is 293 cm³/mol. The quantitative estimate of drug-likeness (QED) is 0.160. The van der Waals surface area contributed by atoms with E-state index in [0.717, 1.165) is 113 Å². The van der Waals surface area contributed by atoms with Crippen molar-refractivity contribution < 1.29 is 18.9 Å². The molecule has 15 rings (SSSR count). The summed E-state index contributed by atoms with van der Waals surface area (Å²) in [4.78, 5) is 4.89. The fourth-order valence-electron chi connectivity index (χ4n) is 12.4. The maximum Gasteiger partial charge on any atom is 0.260 e. The van der Waals surface area contributed by atoms with Crippen molar-refractivity contribution in [3.63, 3.8) is 0 Å². The van der Waals surface area contributed by atoms with Crippen molar-refractivity contribution in [3.8, 4) is 46.0 Å². The maximum absolute atomic E-state index is 6.92. The average Bonchev–Trinajstić information content (AvgIpc) is 3.41. The van der Waals surface area contributed by atoms with Gasteiger partial charge >= 0.3 is 0 Å². The molecular formula is C62H42B2N2O4Si-. The minimum absolute atomic E-state index is 0.00259. The Labute approximate surface area is 414 Å². The zero-order chi connectivity index (χ0) is 47.0. The lowest BCUT2D eigenvalue weighted by Crippen LogP contribution is -2.68. The fraction of sp³-hybridized carbons (Fsp3) is 0.0323. The van der Waals surface area contributed by atoms with Gasteiger partial charge in [-0.25, -0.2) is 0 Å². The summed E-state index contributed by atoms with van der Waals surface area (Å²) >= 11 is 0. The molecule has 0 radical (unpaired) electrons. The number of para-hydroxylation sites is 7. The van der Waals surface area contributed by atoms with Crippen LogP contribution in [0.3, 0.4) is 0 Å². The van der Waals surface area contributed by atoms with E-state index in [1.54, 1.807) is 0 Å². The van der Waals surface area contributed by atoms with Crippen LogP contribution in [-0.2, 0) is 0 Å². The molecule has 0 aliphatic carbocycles. The Bertz CT molecular complexity index is 3780. The van der Waals surface area contributed by atoms with Gasteiger partial charge in [0.2, 0.25) is 0 Å². The molecule has 0 saturated heterocycles. The summed E-state index contributed by atoms with van der Waals surface area (Å²) in [6.45, 7) is 4.72. The molecule has 0 bridgehead atoms. The number of aryl methyl sites for hydroxylation is 1. The van der Waals surface area contributed by atoms with Gasteiger partial charge in [-0.15, -0.1) is 0 Å². The van der Waals surface area contributed by atoms with Gasteiger partial charge in [0.1, 0.15) is 46.0 Å². The Balaban J connectivity index is 0.904. The SMILES string of the molecule is Cc1ccccc1N(c1ccc2c(c1)Oc1cccc3c1B2c1ccccc1O3)c1ccccc1[Si-]1(C)c2ccccc2N(c2cc3c4c(c2)Oc2ccccc2B4c2ccccc2O3)c2ccccc21. The number of hydrogen-bond acceptors (Lipinski definition) is 6. The highest BCUT2D eigenvalue weighted by Gasteiger charge is 2.43. The largest absolute Gasteiger partial charge is 0.458 e. The first kappa shape index (κ1) is 40.3. The zero-order valence-corrected chi connectivity index (χ0v) is 40.0. The van der Waals surface area contributed by atoms with Crippen LogP contribution >= 0.6 is 0 Å². The zero-order valence-electron chi connectivity index (χ0n) is 39.0. The maximum atomic E-state index is 6.92. The Hall–Kier alpha value is -8.65. The smallest absolute Gasteiger partial charge is 0.260 e. The third-order valence-corrected chi connectivity index (χ3v) is 20.0. The van der Waals surface area contributed by atoms with Crippen molar-refractivity contribution >= 4 is 104 Å². The third kappa shape index (κ3) is 5.78. The molecule has 5 heterocycles. The first-order valence-electron chi connectivity index (χ1n) is 24.4. The molecule has 6 nitrogen and oxygen atoms in total. The molecule has 9 heteroatoms. The summed E-state index contributed by atoms with van der Waals surface area (Å²) in [5, 5.41) is 3.94. The van der Waals surface area contributed by atoms with Crippen molar-refractivity contribution in [2.45, 2.75) is 13.5 Å². The lowest BCUT2D eigenvalue weighted by atomic mass is 9.35. The minimum Gasteiger partial charge on any atom is -0.458 e. The molecule has 0 unspecified atom stereocenters. The number of fused-ring (bicyclic) bond motifs is 10. The van der Waals surface area contributed by atoms with Gasteiger partial charge in [0.25, 0.3) is 13.4 Å². The van der Waals surface area contributed by atoms with Crippen LogP contribution in [0.2, 0.25) is 6.55 Å².